The number of carbonyl (C=O) groups excluding carboxylic acids is 1. The monoisotopic (exact) mass is 302 g/mol. The van der Waals surface area contributed by atoms with Crippen LogP contribution in [0, 0.1) is 5.82 Å². The van der Waals surface area contributed by atoms with Crippen molar-refractivity contribution in [3.8, 4) is 0 Å². The summed E-state index contributed by atoms with van der Waals surface area (Å²) in [5, 5.41) is 0.464. The molecule has 0 spiro atoms. The second-order valence-electron chi connectivity index (χ2n) is 5.80. The van der Waals surface area contributed by atoms with E-state index >= 15 is 0 Å². The zero-order valence-corrected chi connectivity index (χ0v) is 12.4. The molecule has 1 aliphatic rings. The molecular weight excluding hydrogens is 283 g/mol. The molecule has 22 heavy (non-hydrogen) atoms. The van der Waals surface area contributed by atoms with Crippen molar-refractivity contribution in [1.82, 2.24) is 9.88 Å². The van der Waals surface area contributed by atoms with Crippen molar-refractivity contribution in [2.75, 3.05) is 13.1 Å². The Morgan fingerprint density at radius 3 is 2.45 bits per heavy atom. The zero-order chi connectivity index (χ0) is 15.5. The summed E-state index contributed by atoms with van der Waals surface area (Å²) >= 11 is 0. The number of nitrogens with one attached hydrogen (secondary N) is 1. The van der Waals surface area contributed by atoms with Gasteiger partial charge in [0.05, 0.1) is 5.56 Å². The molecule has 0 aliphatic carbocycles. The van der Waals surface area contributed by atoms with Crippen molar-refractivity contribution in [3.05, 3.63) is 46.0 Å². The number of carbonyl (C=O) groups is 1. The molecule has 0 radical (unpaired) electrons. The van der Waals surface area contributed by atoms with Gasteiger partial charge in [-0.25, -0.2) is 4.39 Å². The number of nitrogens with zero attached hydrogens (tertiary/aromatic N) is 1. The minimum Gasteiger partial charge on any atom is -0.339 e. The van der Waals surface area contributed by atoms with E-state index in [0.717, 1.165) is 25.7 Å². The highest BCUT2D eigenvalue weighted by atomic mass is 19.1. The molecule has 0 bridgehead atoms. The summed E-state index contributed by atoms with van der Waals surface area (Å²) in [6.45, 7) is 1.39. The van der Waals surface area contributed by atoms with E-state index in [2.05, 4.69) is 4.98 Å². The maximum absolute atomic E-state index is 13.5. The molecule has 1 amide bonds. The van der Waals surface area contributed by atoms with Gasteiger partial charge >= 0.3 is 0 Å². The molecule has 1 N–H and O–H groups in total. The number of amides is 1. The van der Waals surface area contributed by atoms with E-state index in [1.807, 2.05) is 0 Å². The van der Waals surface area contributed by atoms with E-state index in [1.54, 1.807) is 4.90 Å². The summed E-state index contributed by atoms with van der Waals surface area (Å²) in [4.78, 5) is 29.0. The molecule has 1 saturated heterocycles. The quantitative estimate of drug-likeness (QED) is 0.880. The van der Waals surface area contributed by atoms with Gasteiger partial charge in [-0.2, -0.15) is 0 Å². The highest BCUT2D eigenvalue weighted by Crippen LogP contribution is 2.20. The summed E-state index contributed by atoms with van der Waals surface area (Å²) in [7, 11) is 0. The number of fused-ring (bicyclic) bond motifs is 1. The molecule has 116 valence electrons. The molecule has 5 heteroatoms. The van der Waals surface area contributed by atoms with Crippen molar-refractivity contribution in [2.24, 2.45) is 0 Å². The van der Waals surface area contributed by atoms with Crippen LogP contribution in [-0.2, 0) is 0 Å². The van der Waals surface area contributed by atoms with Crippen LogP contribution in [0.3, 0.4) is 0 Å². The number of pyridine rings is 1. The maximum Gasteiger partial charge on any atom is 0.254 e. The van der Waals surface area contributed by atoms with E-state index < -0.39 is 5.82 Å². The maximum atomic E-state index is 13.5. The molecule has 0 saturated carbocycles. The number of rotatable bonds is 1. The van der Waals surface area contributed by atoms with Gasteiger partial charge in [-0.1, -0.05) is 19.3 Å². The minimum atomic E-state index is -0.415. The second-order valence-corrected chi connectivity index (χ2v) is 5.80. The van der Waals surface area contributed by atoms with E-state index in [9.17, 15) is 14.0 Å². The fourth-order valence-corrected chi connectivity index (χ4v) is 3.02. The summed E-state index contributed by atoms with van der Waals surface area (Å²) in [5.74, 6) is -0.593. The average Bonchev–Trinajstić information content (AvgIpc) is 2.46. The van der Waals surface area contributed by atoms with Crippen LogP contribution in [0.5, 0.6) is 0 Å². The van der Waals surface area contributed by atoms with Gasteiger partial charge in [-0.15, -0.1) is 0 Å². The predicted octanol–water partition coefficient (Wildman–Crippen LogP) is 3.07. The third-order valence-electron chi connectivity index (χ3n) is 4.18. The molecule has 1 aliphatic heterocycles. The summed E-state index contributed by atoms with van der Waals surface area (Å²) in [6.07, 6.45) is 5.40. The third-order valence-corrected chi connectivity index (χ3v) is 4.18. The first kappa shape index (κ1) is 14.8. The first-order valence-electron chi connectivity index (χ1n) is 7.77. The van der Waals surface area contributed by atoms with Gasteiger partial charge in [0.2, 0.25) is 5.56 Å². The molecule has 1 aromatic carbocycles. The third kappa shape index (κ3) is 3.03. The van der Waals surface area contributed by atoms with Crippen LogP contribution in [-0.4, -0.2) is 28.9 Å². The van der Waals surface area contributed by atoms with Crippen molar-refractivity contribution in [2.45, 2.75) is 32.1 Å². The SMILES string of the molecule is O=C(c1cc(=O)[nH]c2ccc(F)cc12)N1CCCCCCC1. The lowest BCUT2D eigenvalue weighted by atomic mass is 10.0. The number of hydrogen-bond acceptors (Lipinski definition) is 2. The van der Waals surface area contributed by atoms with Gasteiger partial charge < -0.3 is 9.88 Å². The minimum absolute atomic E-state index is 0.177. The van der Waals surface area contributed by atoms with E-state index in [-0.39, 0.29) is 11.5 Å². The fraction of sp³-hybridized carbons (Fsp3) is 0.412. The Bertz CT molecular complexity index is 746. The van der Waals surface area contributed by atoms with Gasteiger partial charge in [-0.05, 0) is 31.0 Å². The van der Waals surface area contributed by atoms with Crippen molar-refractivity contribution >= 4 is 16.8 Å². The number of H-pyrrole nitrogens is 1. The lowest BCUT2D eigenvalue weighted by molar-refractivity contribution is 0.0744. The molecule has 0 unspecified atom stereocenters. The molecule has 3 rings (SSSR count). The Kier molecular flexibility index (Phi) is 4.22. The first-order valence-corrected chi connectivity index (χ1v) is 7.77. The van der Waals surface area contributed by atoms with Gasteiger partial charge in [-0.3, -0.25) is 9.59 Å². The molecular formula is C17H19FN2O2. The second kappa shape index (κ2) is 6.30. The van der Waals surface area contributed by atoms with Crippen LogP contribution in [0.15, 0.2) is 29.1 Å². The topological polar surface area (TPSA) is 53.2 Å². The Hall–Kier alpha value is -2.17. The first-order chi connectivity index (χ1) is 10.6. The summed E-state index contributed by atoms with van der Waals surface area (Å²) < 4.78 is 13.5. The lowest BCUT2D eigenvalue weighted by Crippen LogP contribution is -2.34. The van der Waals surface area contributed by atoms with Crippen LogP contribution >= 0.6 is 0 Å². The standard InChI is InChI=1S/C17H19FN2O2/c18-12-6-7-15-13(10-12)14(11-16(21)19-15)17(22)20-8-4-2-1-3-5-9-20/h6-7,10-11H,1-5,8-9H2,(H,19,21). The smallest absolute Gasteiger partial charge is 0.254 e. The van der Waals surface area contributed by atoms with Crippen molar-refractivity contribution < 1.29 is 9.18 Å². The van der Waals surface area contributed by atoms with Gasteiger partial charge in [0.1, 0.15) is 5.82 Å². The van der Waals surface area contributed by atoms with Gasteiger partial charge in [0.25, 0.3) is 5.91 Å². The number of halogens is 1. The molecule has 1 aromatic heterocycles. The van der Waals surface area contributed by atoms with E-state index in [1.165, 1.54) is 30.7 Å². The normalized spacial score (nSPS) is 16.3. The van der Waals surface area contributed by atoms with Crippen LogP contribution in [0.4, 0.5) is 4.39 Å². The molecule has 2 aromatic rings. The Morgan fingerprint density at radius 1 is 1.05 bits per heavy atom. The molecule has 2 heterocycles. The van der Waals surface area contributed by atoms with Crippen LogP contribution < -0.4 is 5.56 Å². The van der Waals surface area contributed by atoms with Crippen molar-refractivity contribution in [1.29, 1.82) is 0 Å². The van der Waals surface area contributed by atoms with E-state index in [4.69, 9.17) is 0 Å². The largest absolute Gasteiger partial charge is 0.339 e. The lowest BCUT2D eigenvalue weighted by Gasteiger charge is -2.25. The number of hydrogen-bond donors (Lipinski definition) is 1. The Morgan fingerprint density at radius 2 is 1.73 bits per heavy atom. The van der Waals surface area contributed by atoms with Gasteiger partial charge in [0.15, 0.2) is 0 Å². The summed E-state index contributed by atoms with van der Waals surface area (Å²) in [5.41, 5.74) is 0.442. The molecule has 0 atom stereocenters. The van der Waals surface area contributed by atoms with Gasteiger partial charge in [0, 0.05) is 30.1 Å². The molecule has 1 fully saturated rings. The summed E-state index contributed by atoms with van der Waals surface area (Å²) in [6, 6.07) is 5.37. The fourth-order valence-electron chi connectivity index (χ4n) is 3.02. The average molecular weight is 302 g/mol. The predicted molar refractivity (Wildman–Crippen MR) is 83.5 cm³/mol. The van der Waals surface area contributed by atoms with E-state index in [0.29, 0.717) is 29.6 Å². The van der Waals surface area contributed by atoms with Crippen LogP contribution in [0.2, 0.25) is 0 Å². The number of benzene rings is 1. The van der Waals surface area contributed by atoms with Crippen LogP contribution in [0.1, 0.15) is 42.5 Å². The molecule has 4 nitrogen and oxygen atoms in total. The van der Waals surface area contributed by atoms with Crippen LogP contribution in [0.25, 0.3) is 10.9 Å². The van der Waals surface area contributed by atoms with Crippen molar-refractivity contribution in [3.63, 3.8) is 0 Å². The highest BCUT2D eigenvalue weighted by molar-refractivity contribution is 6.05. The Labute approximate surface area is 127 Å². The number of aromatic nitrogens is 1. The zero-order valence-electron chi connectivity index (χ0n) is 12.4. The highest BCUT2D eigenvalue weighted by Gasteiger charge is 2.19. The Balaban J connectivity index is 2.02. The number of likely N-dealkylation sites (tertiary alicyclic amines) is 1. The number of aromatic amines is 1.